The first-order valence-electron chi connectivity index (χ1n) is 8.65. The molecular formula is C17H29ClN4OS. The molecule has 0 aliphatic rings. The number of nitrogens with one attached hydrogen (secondary N) is 1. The van der Waals surface area contributed by atoms with Gasteiger partial charge in [0.05, 0.1) is 5.75 Å². The Kier molecular flexibility index (Phi) is 10.1. The summed E-state index contributed by atoms with van der Waals surface area (Å²) in [6.45, 7) is 11.1. The van der Waals surface area contributed by atoms with Crippen molar-refractivity contribution in [2.24, 2.45) is 5.92 Å². The van der Waals surface area contributed by atoms with E-state index in [0.29, 0.717) is 28.5 Å². The van der Waals surface area contributed by atoms with Crippen LogP contribution in [0, 0.1) is 5.92 Å². The van der Waals surface area contributed by atoms with E-state index in [2.05, 4.69) is 47.9 Å². The topological polar surface area (TPSA) is 58.1 Å². The molecule has 0 saturated carbocycles. The van der Waals surface area contributed by atoms with Gasteiger partial charge in [0, 0.05) is 25.7 Å². The van der Waals surface area contributed by atoms with E-state index >= 15 is 0 Å². The molecule has 1 amide bonds. The molecule has 0 radical (unpaired) electrons. The SMILES string of the molecule is CCCN(CCC)c1cc(Cl)nc(SCC(=O)NCCC(C)C)n1. The van der Waals surface area contributed by atoms with Crippen molar-refractivity contribution in [3.05, 3.63) is 11.2 Å². The summed E-state index contributed by atoms with van der Waals surface area (Å²) >= 11 is 7.46. The monoisotopic (exact) mass is 372 g/mol. The second kappa shape index (κ2) is 11.5. The number of carbonyl (C=O) groups is 1. The third-order valence-corrected chi connectivity index (χ3v) is 4.39. The van der Waals surface area contributed by atoms with E-state index < -0.39 is 0 Å². The second-order valence-corrected chi connectivity index (χ2v) is 7.47. The molecule has 136 valence electrons. The lowest BCUT2D eigenvalue weighted by atomic mass is 10.1. The van der Waals surface area contributed by atoms with Crippen LogP contribution in [0.15, 0.2) is 11.2 Å². The highest BCUT2D eigenvalue weighted by atomic mass is 35.5. The molecule has 0 unspecified atom stereocenters. The van der Waals surface area contributed by atoms with Crippen molar-refractivity contribution in [2.75, 3.05) is 30.3 Å². The quantitative estimate of drug-likeness (QED) is 0.361. The summed E-state index contributed by atoms with van der Waals surface area (Å²) in [6.07, 6.45) is 3.07. The van der Waals surface area contributed by atoms with Crippen LogP contribution in [0.4, 0.5) is 5.82 Å². The van der Waals surface area contributed by atoms with Crippen molar-refractivity contribution in [1.29, 1.82) is 0 Å². The molecule has 0 fully saturated rings. The Morgan fingerprint density at radius 3 is 2.54 bits per heavy atom. The van der Waals surface area contributed by atoms with E-state index in [1.165, 1.54) is 11.8 Å². The molecule has 0 aromatic carbocycles. The second-order valence-electron chi connectivity index (χ2n) is 6.14. The number of thioether (sulfide) groups is 1. The first-order chi connectivity index (χ1) is 11.5. The van der Waals surface area contributed by atoms with Gasteiger partial charge in [0.1, 0.15) is 11.0 Å². The maximum atomic E-state index is 11.9. The van der Waals surface area contributed by atoms with E-state index in [1.54, 1.807) is 6.07 Å². The molecule has 24 heavy (non-hydrogen) atoms. The highest BCUT2D eigenvalue weighted by Gasteiger charge is 2.12. The first-order valence-corrected chi connectivity index (χ1v) is 10.0. The van der Waals surface area contributed by atoms with Crippen LogP contribution in [0.3, 0.4) is 0 Å². The van der Waals surface area contributed by atoms with E-state index in [9.17, 15) is 4.79 Å². The predicted molar refractivity (Wildman–Crippen MR) is 103 cm³/mol. The van der Waals surface area contributed by atoms with Crippen LogP contribution in [0.5, 0.6) is 0 Å². The van der Waals surface area contributed by atoms with Gasteiger partial charge < -0.3 is 10.2 Å². The minimum Gasteiger partial charge on any atom is -0.356 e. The zero-order chi connectivity index (χ0) is 17.9. The summed E-state index contributed by atoms with van der Waals surface area (Å²) in [6, 6.07) is 1.79. The fraction of sp³-hybridized carbons (Fsp3) is 0.706. The standard InChI is InChI=1S/C17H29ClN4OS/c1-5-9-22(10-6-2)15-11-14(18)20-17(21-15)24-12-16(23)19-8-7-13(3)4/h11,13H,5-10,12H2,1-4H3,(H,19,23). The molecule has 0 aliphatic heterocycles. The summed E-state index contributed by atoms with van der Waals surface area (Å²) in [5.41, 5.74) is 0. The summed E-state index contributed by atoms with van der Waals surface area (Å²) < 4.78 is 0. The number of anilines is 1. The van der Waals surface area contributed by atoms with Crippen molar-refractivity contribution in [1.82, 2.24) is 15.3 Å². The molecule has 0 saturated heterocycles. The number of amides is 1. The van der Waals surface area contributed by atoms with Gasteiger partial charge in [-0.1, -0.05) is 51.1 Å². The number of aromatic nitrogens is 2. The van der Waals surface area contributed by atoms with E-state index in [0.717, 1.165) is 38.2 Å². The zero-order valence-electron chi connectivity index (χ0n) is 15.1. The Morgan fingerprint density at radius 1 is 1.29 bits per heavy atom. The van der Waals surface area contributed by atoms with Crippen molar-refractivity contribution in [3.8, 4) is 0 Å². The van der Waals surface area contributed by atoms with Crippen LogP contribution in [-0.2, 0) is 4.79 Å². The first kappa shape index (κ1) is 21.0. The molecule has 7 heteroatoms. The number of nitrogens with zero attached hydrogens (tertiary/aromatic N) is 3. The molecule has 1 aromatic heterocycles. The summed E-state index contributed by atoms with van der Waals surface area (Å²) in [5.74, 6) is 1.73. The number of carbonyl (C=O) groups excluding carboxylic acids is 1. The van der Waals surface area contributed by atoms with Gasteiger partial charge in [-0.15, -0.1) is 0 Å². The molecule has 5 nitrogen and oxygen atoms in total. The Bertz CT molecular complexity index is 507. The van der Waals surface area contributed by atoms with Gasteiger partial charge in [0.15, 0.2) is 5.16 Å². The molecule has 0 aliphatic carbocycles. The smallest absolute Gasteiger partial charge is 0.230 e. The summed E-state index contributed by atoms with van der Waals surface area (Å²) in [4.78, 5) is 22.9. The fourth-order valence-corrected chi connectivity index (χ4v) is 3.09. The van der Waals surface area contributed by atoms with Crippen LogP contribution in [0.1, 0.15) is 47.0 Å². The lowest BCUT2D eigenvalue weighted by Crippen LogP contribution is -2.27. The Labute approximate surface area is 155 Å². The van der Waals surface area contributed by atoms with Gasteiger partial charge in [0.25, 0.3) is 0 Å². The maximum Gasteiger partial charge on any atom is 0.230 e. The molecule has 0 bridgehead atoms. The Balaban J connectivity index is 2.63. The van der Waals surface area contributed by atoms with Gasteiger partial charge in [-0.2, -0.15) is 0 Å². The third kappa shape index (κ3) is 8.20. The van der Waals surface area contributed by atoms with Crippen LogP contribution in [-0.4, -0.2) is 41.3 Å². The predicted octanol–water partition coefficient (Wildman–Crippen LogP) is 4.01. The van der Waals surface area contributed by atoms with E-state index in [-0.39, 0.29) is 5.91 Å². The Morgan fingerprint density at radius 2 is 1.96 bits per heavy atom. The normalized spacial score (nSPS) is 10.9. The molecular weight excluding hydrogens is 344 g/mol. The maximum absolute atomic E-state index is 11.9. The van der Waals surface area contributed by atoms with E-state index in [1.807, 2.05) is 0 Å². The van der Waals surface area contributed by atoms with Gasteiger partial charge in [-0.05, 0) is 25.2 Å². The molecule has 1 aromatic rings. The Hall–Kier alpha value is -1.01. The van der Waals surface area contributed by atoms with Gasteiger partial charge in [0.2, 0.25) is 5.91 Å². The lowest BCUT2D eigenvalue weighted by Gasteiger charge is -2.22. The summed E-state index contributed by atoms with van der Waals surface area (Å²) in [7, 11) is 0. The molecule has 1 heterocycles. The van der Waals surface area contributed by atoms with Crippen LogP contribution in [0.2, 0.25) is 5.15 Å². The van der Waals surface area contributed by atoms with Gasteiger partial charge in [-0.25, -0.2) is 9.97 Å². The van der Waals surface area contributed by atoms with E-state index in [4.69, 9.17) is 11.6 Å². The van der Waals surface area contributed by atoms with Crippen LogP contribution >= 0.6 is 23.4 Å². The average Bonchev–Trinajstić information content (AvgIpc) is 2.52. The summed E-state index contributed by atoms with van der Waals surface area (Å²) in [5, 5.41) is 3.88. The highest BCUT2D eigenvalue weighted by Crippen LogP contribution is 2.22. The van der Waals surface area contributed by atoms with Crippen molar-refractivity contribution in [3.63, 3.8) is 0 Å². The van der Waals surface area contributed by atoms with Crippen molar-refractivity contribution in [2.45, 2.75) is 52.1 Å². The number of rotatable bonds is 11. The van der Waals surface area contributed by atoms with Gasteiger partial charge in [-0.3, -0.25) is 4.79 Å². The minimum absolute atomic E-state index is 0.00440. The molecule has 0 atom stereocenters. The number of hydrogen-bond acceptors (Lipinski definition) is 5. The number of hydrogen-bond donors (Lipinski definition) is 1. The zero-order valence-corrected chi connectivity index (χ0v) is 16.7. The van der Waals surface area contributed by atoms with Crippen molar-refractivity contribution >= 4 is 35.1 Å². The van der Waals surface area contributed by atoms with Crippen LogP contribution < -0.4 is 10.2 Å². The fourth-order valence-electron chi connectivity index (χ4n) is 2.17. The van der Waals surface area contributed by atoms with Crippen LogP contribution in [0.25, 0.3) is 0 Å². The largest absolute Gasteiger partial charge is 0.356 e. The molecule has 0 spiro atoms. The van der Waals surface area contributed by atoms with Crippen molar-refractivity contribution < 1.29 is 4.79 Å². The highest BCUT2D eigenvalue weighted by molar-refractivity contribution is 7.99. The third-order valence-electron chi connectivity index (χ3n) is 3.35. The van der Waals surface area contributed by atoms with Gasteiger partial charge >= 0.3 is 0 Å². The average molecular weight is 373 g/mol. The number of halogens is 1. The minimum atomic E-state index is 0.00440. The molecule has 1 rings (SSSR count). The lowest BCUT2D eigenvalue weighted by molar-refractivity contribution is -0.118. The molecule has 1 N–H and O–H groups in total.